The number of aromatic nitrogens is 2. The van der Waals surface area contributed by atoms with E-state index in [4.69, 9.17) is 0 Å². The molecule has 1 aromatic heterocycles. The van der Waals surface area contributed by atoms with Crippen molar-refractivity contribution in [1.29, 1.82) is 0 Å². The monoisotopic (exact) mass is 250 g/mol. The van der Waals surface area contributed by atoms with Crippen LogP contribution >= 0.6 is 0 Å². The molecule has 0 bridgehead atoms. The molecule has 98 valence electrons. The molecule has 0 spiro atoms. The van der Waals surface area contributed by atoms with Gasteiger partial charge in [0.25, 0.3) is 0 Å². The van der Waals surface area contributed by atoms with Crippen LogP contribution in [0.4, 0.5) is 13.2 Å². The molecule has 0 radical (unpaired) electrons. The average Bonchev–Trinajstić information content (AvgIpc) is 2.64. The summed E-state index contributed by atoms with van der Waals surface area (Å²) in [7, 11) is 3.93. The van der Waals surface area contributed by atoms with Gasteiger partial charge in [-0.25, -0.2) is 0 Å². The van der Waals surface area contributed by atoms with Gasteiger partial charge in [0.05, 0.1) is 6.54 Å². The van der Waals surface area contributed by atoms with E-state index in [0.717, 1.165) is 19.2 Å². The van der Waals surface area contributed by atoms with Crippen LogP contribution in [0.3, 0.4) is 0 Å². The Balaban J connectivity index is 2.26. The van der Waals surface area contributed by atoms with Crippen LogP contribution in [-0.2, 0) is 12.7 Å². The first-order valence-electron chi connectivity index (χ1n) is 5.35. The highest BCUT2D eigenvalue weighted by Gasteiger charge is 2.33. The van der Waals surface area contributed by atoms with E-state index >= 15 is 0 Å². The van der Waals surface area contributed by atoms with Gasteiger partial charge in [0, 0.05) is 25.8 Å². The highest BCUT2D eigenvalue weighted by Crippen LogP contribution is 2.26. The molecule has 17 heavy (non-hydrogen) atoms. The number of alkyl halides is 3. The minimum absolute atomic E-state index is 0.434. The van der Waals surface area contributed by atoms with Gasteiger partial charge < -0.3 is 10.2 Å². The van der Waals surface area contributed by atoms with Crippen molar-refractivity contribution in [3.8, 4) is 0 Å². The Bertz CT molecular complexity index is 333. The van der Waals surface area contributed by atoms with Crippen LogP contribution in [-0.4, -0.2) is 48.4 Å². The van der Waals surface area contributed by atoms with E-state index < -0.39 is 11.9 Å². The summed E-state index contributed by atoms with van der Waals surface area (Å²) < 4.78 is 38.0. The SMILES string of the molecule is CN(C)CCNCCn1ccc(C(F)(F)F)n1. The van der Waals surface area contributed by atoms with Gasteiger partial charge in [0.15, 0.2) is 5.69 Å². The predicted octanol–water partition coefficient (Wildman–Crippen LogP) is 1.05. The van der Waals surface area contributed by atoms with E-state index in [-0.39, 0.29) is 0 Å². The third-order valence-electron chi connectivity index (χ3n) is 2.18. The van der Waals surface area contributed by atoms with Crippen LogP contribution < -0.4 is 5.32 Å². The molecule has 0 saturated carbocycles. The first kappa shape index (κ1) is 14.0. The van der Waals surface area contributed by atoms with Gasteiger partial charge in [-0.2, -0.15) is 18.3 Å². The lowest BCUT2D eigenvalue weighted by Gasteiger charge is -2.10. The molecule has 0 aliphatic heterocycles. The number of halogens is 3. The molecule has 1 heterocycles. The topological polar surface area (TPSA) is 33.1 Å². The van der Waals surface area contributed by atoms with Crippen molar-refractivity contribution in [1.82, 2.24) is 20.0 Å². The maximum atomic E-state index is 12.2. The Morgan fingerprint density at radius 3 is 2.59 bits per heavy atom. The fourth-order valence-corrected chi connectivity index (χ4v) is 1.26. The molecular weight excluding hydrogens is 233 g/mol. The van der Waals surface area contributed by atoms with Gasteiger partial charge in [-0.1, -0.05) is 0 Å². The molecule has 0 aromatic carbocycles. The standard InChI is InChI=1S/C10H17F3N4/c1-16(2)7-4-14-5-8-17-6-3-9(15-17)10(11,12)13/h3,6,14H,4-5,7-8H2,1-2H3. The second kappa shape index (κ2) is 6.02. The molecular formula is C10H17F3N4. The highest BCUT2D eigenvalue weighted by atomic mass is 19.4. The molecule has 1 aromatic rings. The lowest BCUT2D eigenvalue weighted by molar-refractivity contribution is -0.141. The van der Waals surface area contributed by atoms with Gasteiger partial charge >= 0.3 is 6.18 Å². The number of rotatable bonds is 6. The zero-order valence-corrected chi connectivity index (χ0v) is 9.96. The quantitative estimate of drug-likeness (QED) is 0.766. The molecule has 0 aliphatic rings. The van der Waals surface area contributed by atoms with E-state index in [1.165, 1.54) is 10.9 Å². The molecule has 0 amide bonds. The van der Waals surface area contributed by atoms with E-state index in [9.17, 15) is 13.2 Å². The zero-order chi connectivity index (χ0) is 12.9. The maximum Gasteiger partial charge on any atom is 0.435 e. The Labute approximate surface area is 98.4 Å². The van der Waals surface area contributed by atoms with Crippen LogP contribution in [0.15, 0.2) is 12.3 Å². The number of nitrogens with zero attached hydrogens (tertiary/aromatic N) is 3. The molecule has 0 saturated heterocycles. The number of hydrogen-bond donors (Lipinski definition) is 1. The van der Waals surface area contributed by atoms with Gasteiger partial charge in [0.1, 0.15) is 0 Å². The minimum atomic E-state index is -4.36. The summed E-state index contributed by atoms with van der Waals surface area (Å²) in [5.74, 6) is 0. The van der Waals surface area contributed by atoms with Crippen molar-refractivity contribution in [3.05, 3.63) is 18.0 Å². The first-order chi connectivity index (χ1) is 7.89. The fraction of sp³-hybridized carbons (Fsp3) is 0.700. The van der Waals surface area contributed by atoms with Crippen LogP contribution in [0.1, 0.15) is 5.69 Å². The Hall–Kier alpha value is -1.08. The smallest absolute Gasteiger partial charge is 0.314 e. The van der Waals surface area contributed by atoms with Crippen molar-refractivity contribution in [2.45, 2.75) is 12.7 Å². The largest absolute Gasteiger partial charge is 0.435 e. The Morgan fingerprint density at radius 2 is 2.06 bits per heavy atom. The lowest BCUT2D eigenvalue weighted by atomic mass is 10.4. The lowest BCUT2D eigenvalue weighted by Crippen LogP contribution is -2.29. The summed E-state index contributed by atoms with van der Waals surface area (Å²) in [5.41, 5.74) is -0.842. The predicted molar refractivity (Wildman–Crippen MR) is 58.7 cm³/mol. The average molecular weight is 250 g/mol. The summed E-state index contributed by atoms with van der Waals surface area (Å²) in [6.45, 7) is 2.74. The van der Waals surface area contributed by atoms with Gasteiger partial charge in [0.2, 0.25) is 0 Å². The second-order valence-corrected chi connectivity index (χ2v) is 4.02. The van der Waals surface area contributed by atoms with Crippen molar-refractivity contribution in [3.63, 3.8) is 0 Å². The summed E-state index contributed by atoms with van der Waals surface area (Å²) in [4.78, 5) is 2.03. The van der Waals surface area contributed by atoms with Gasteiger partial charge in [-0.05, 0) is 20.2 Å². The van der Waals surface area contributed by atoms with Crippen molar-refractivity contribution in [2.24, 2.45) is 0 Å². The van der Waals surface area contributed by atoms with E-state index in [1.807, 2.05) is 19.0 Å². The molecule has 0 atom stereocenters. The molecule has 1 rings (SSSR count). The number of hydrogen-bond acceptors (Lipinski definition) is 3. The van der Waals surface area contributed by atoms with Gasteiger partial charge in [-0.3, -0.25) is 4.68 Å². The number of likely N-dealkylation sites (N-methyl/N-ethyl adjacent to an activating group) is 1. The van der Waals surface area contributed by atoms with Crippen LogP contribution in [0.25, 0.3) is 0 Å². The Morgan fingerprint density at radius 1 is 1.35 bits per heavy atom. The molecule has 0 unspecified atom stereocenters. The third kappa shape index (κ3) is 5.18. The van der Waals surface area contributed by atoms with E-state index in [0.29, 0.717) is 13.1 Å². The van der Waals surface area contributed by atoms with E-state index in [1.54, 1.807) is 0 Å². The van der Waals surface area contributed by atoms with Crippen LogP contribution in [0.5, 0.6) is 0 Å². The summed E-state index contributed by atoms with van der Waals surface area (Å²) >= 11 is 0. The third-order valence-corrected chi connectivity index (χ3v) is 2.18. The molecule has 0 aliphatic carbocycles. The minimum Gasteiger partial charge on any atom is -0.314 e. The van der Waals surface area contributed by atoms with Crippen molar-refractivity contribution < 1.29 is 13.2 Å². The molecule has 1 N–H and O–H groups in total. The summed E-state index contributed by atoms with van der Waals surface area (Å²) in [6.07, 6.45) is -3.01. The highest BCUT2D eigenvalue weighted by molar-refractivity contribution is 5.03. The maximum absolute atomic E-state index is 12.2. The van der Waals surface area contributed by atoms with Gasteiger partial charge in [-0.15, -0.1) is 0 Å². The number of nitrogens with one attached hydrogen (secondary N) is 1. The van der Waals surface area contributed by atoms with Crippen LogP contribution in [0, 0.1) is 0 Å². The fourth-order valence-electron chi connectivity index (χ4n) is 1.26. The summed E-state index contributed by atoms with van der Waals surface area (Å²) in [5, 5.41) is 6.58. The summed E-state index contributed by atoms with van der Waals surface area (Å²) in [6, 6.07) is 0.986. The van der Waals surface area contributed by atoms with Crippen molar-refractivity contribution in [2.75, 3.05) is 33.7 Å². The first-order valence-corrected chi connectivity index (χ1v) is 5.35. The van der Waals surface area contributed by atoms with E-state index in [2.05, 4.69) is 10.4 Å². The zero-order valence-electron chi connectivity index (χ0n) is 9.96. The molecule has 0 fully saturated rings. The molecule has 4 nitrogen and oxygen atoms in total. The van der Waals surface area contributed by atoms with Crippen molar-refractivity contribution >= 4 is 0 Å². The molecule has 7 heteroatoms. The Kier molecular flexibility index (Phi) is 4.95. The second-order valence-electron chi connectivity index (χ2n) is 4.02. The normalized spacial score (nSPS) is 12.4. The van der Waals surface area contributed by atoms with Crippen LogP contribution in [0.2, 0.25) is 0 Å².